The van der Waals surface area contributed by atoms with Crippen LogP contribution < -0.4 is 17.0 Å². The number of aromatic nitrogens is 5. The number of fused-ring (bicyclic) bond motifs is 1. The maximum absolute atomic E-state index is 12.9. The van der Waals surface area contributed by atoms with Crippen LogP contribution >= 0.6 is 0 Å². The molecule has 172 valence electrons. The number of benzene rings is 2. The lowest BCUT2D eigenvalue weighted by molar-refractivity contribution is 0.533. The van der Waals surface area contributed by atoms with Crippen molar-refractivity contribution >= 4 is 22.4 Å². The van der Waals surface area contributed by atoms with Gasteiger partial charge in [-0.2, -0.15) is 0 Å². The fourth-order valence-electron chi connectivity index (χ4n) is 3.74. The Hall–Kier alpha value is -4.53. The second-order valence-corrected chi connectivity index (χ2v) is 7.65. The number of rotatable bonds is 3. The third kappa shape index (κ3) is 4.36. The Morgan fingerprint density at radius 3 is 2.26 bits per heavy atom. The van der Waals surface area contributed by atoms with Crippen LogP contribution in [0.15, 0.2) is 70.1 Å². The molecular formula is C25H25N7O2. The summed E-state index contributed by atoms with van der Waals surface area (Å²) in [5.74, 6) is 1.11. The summed E-state index contributed by atoms with van der Waals surface area (Å²) in [5, 5.41) is 9.28. The lowest BCUT2D eigenvalue weighted by Gasteiger charge is -2.14. The SMILES string of the molecule is CCc1cc2cccc(C)c2c(=O)n1-c1ccccc1.Cc1nnc(-c2c(N)ncnc2N)o1. The second-order valence-electron chi connectivity index (χ2n) is 7.65. The smallest absolute Gasteiger partial charge is 0.263 e. The molecule has 5 rings (SSSR count). The Morgan fingerprint density at radius 2 is 1.65 bits per heavy atom. The zero-order valence-electron chi connectivity index (χ0n) is 19.2. The number of hydrogen-bond acceptors (Lipinski definition) is 8. The van der Waals surface area contributed by atoms with Crippen LogP contribution in [0.3, 0.4) is 0 Å². The fraction of sp³-hybridized carbons (Fsp3) is 0.160. The predicted molar refractivity (Wildman–Crippen MR) is 133 cm³/mol. The predicted octanol–water partition coefficient (Wildman–Crippen LogP) is 3.86. The molecule has 0 aliphatic rings. The molecule has 4 N–H and O–H groups in total. The van der Waals surface area contributed by atoms with Gasteiger partial charge >= 0.3 is 0 Å². The summed E-state index contributed by atoms with van der Waals surface area (Å²) >= 11 is 0. The van der Waals surface area contributed by atoms with Gasteiger partial charge in [0, 0.05) is 18.3 Å². The van der Waals surface area contributed by atoms with Crippen molar-refractivity contribution < 1.29 is 4.42 Å². The first-order valence-electron chi connectivity index (χ1n) is 10.8. The van der Waals surface area contributed by atoms with Crippen LogP contribution in [0.1, 0.15) is 24.1 Å². The minimum absolute atomic E-state index is 0.0728. The number of para-hydroxylation sites is 1. The van der Waals surface area contributed by atoms with Crippen molar-refractivity contribution in [3.8, 4) is 17.1 Å². The van der Waals surface area contributed by atoms with E-state index < -0.39 is 0 Å². The van der Waals surface area contributed by atoms with Crippen LogP contribution in [0, 0.1) is 13.8 Å². The van der Waals surface area contributed by atoms with Crippen LogP contribution in [-0.2, 0) is 6.42 Å². The topological polar surface area (TPSA) is 139 Å². The molecule has 0 unspecified atom stereocenters. The molecule has 0 bridgehead atoms. The number of nitrogens with zero attached hydrogens (tertiary/aromatic N) is 5. The van der Waals surface area contributed by atoms with E-state index in [-0.39, 0.29) is 23.1 Å². The molecule has 5 aromatic rings. The van der Waals surface area contributed by atoms with Crippen molar-refractivity contribution in [1.29, 1.82) is 0 Å². The van der Waals surface area contributed by atoms with Crippen LogP contribution in [0.2, 0.25) is 0 Å². The standard InChI is InChI=1S/C18H17NO.C7H8N6O/c1-3-15-12-14-9-7-8-13(2)17(14)18(20)19(15)16-10-5-4-6-11-16;1-3-12-13-7(14-3)4-5(8)10-2-11-6(4)9/h4-12H,3H2,1-2H3;2H,1H3,(H4,8,9,10,11). The van der Waals surface area contributed by atoms with Crippen molar-refractivity contribution in [2.45, 2.75) is 27.2 Å². The summed E-state index contributed by atoms with van der Waals surface area (Å²) in [6.45, 7) is 5.74. The summed E-state index contributed by atoms with van der Waals surface area (Å²) in [4.78, 5) is 20.5. The zero-order valence-corrected chi connectivity index (χ0v) is 19.2. The molecule has 0 atom stereocenters. The molecule has 0 saturated heterocycles. The summed E-state index contributed by atoms with van der Waals surface area (Å²) < 4.78 is 7.00. The van der Waals surface area contributed by atoms with Gasteiger partial charge in [-0.1, -0.05) is 43.3 Å². The minimum atomic E-state index is 0.0728. The number of pyridine rings is 1. The molecule has 0 spiro atoms. The van der Waals surface area contributed by atoms with E-state index in [9.17, 15) is 4.79 Å². The molecule has 3 heterocycles. The van der Waals surface area contributed by atoms with Gasteiger partial charge in [-0.25, -0.2) is 9.97 Å². The van der Waals surface area contributed by atoms with E-state index in [1.54, 1.807) is 6.92 Å². The average molecular weight is 456 g/mol. The van der Waals surface area contributed by atoms with Gasteiger partial charge in [0.25, 0.3) is 11.4 Å². The molecule has 0 aliphatic carbocycles. The second kappa shape index (κ2) is 9.53. The Balaban J connectivity index is 0.000000172. The van der Waals surface area contributed by atoms with E-state index in [1.807, 2.05) is 60.0 Å². The molecule has 0 fully saturated rings. The van der Waals surface area contributed by atoms with E-state index in [0.717, 1.165) is 34.1 Å². The Labute approximate surface area is 196 Å². The van der Waals surface area contributed by atoms with E-state index in [1.165, 1.54) is 6.33 Å². The first kappa shape index (κ1) is 22.7. The van der Waals surface area contributed by atoms with Gasteiger partial charge in [0.1, 0.15) is 23.5 Å². The van der Waals surface area contributed by atoms with Gasteiger partial charge in [-0.05, 0) is 42.5 Å². The largest absolute Gasteiger partial charge is 0.421 e. The number of nitrogen functional groups attached to an aromatic ring is 2. The Morgan fingerprint density at radius 1 is 0.941 bits per heavy atom. The fourth-order valence-corrected chi connectivity index (χ4v) is 3.74. The van der Waals surface area contributed by atoms with Crippen molar-refractivity contribution in [3.05, 3.63) is 88.4 Å². The molecule has 2 aromatic carbocycles. The summed E-state index contributed by atoms with van der Waals surface area (Å²) in [6.07, 6.45) is 2.10. The van der Waals surface area contributed by atoms with Crippen molar-refractivity contribution in [1.82, 2.24) is 24.7 Å². The van der Waals surface area contributed by atoms with Gasteiger partial charge < -0.3 is 15.9 Å². The first-order valence-corrected chi connectivity index (χ1v) is 10.8. The maximum Gasteiger partial charge on any atom is 0.263 e. The molecule has 0 saturated carbocycles. The maximum atomic E-state index is 12.9. The molecule has 0 radical (unpaired) electrons. The van der Waals surface area contributed by atoms with E-state index >= 15 is 0 Å². The van der Waals surface area contributed by atoms with Gasteiger partial charge in [0.2, 0.25) is 5.89 Å². The Bertz CT molecular complexity index is 1490. The van der Waals surface area contributed by atoms with Crippen molar-refractivity contribution in [2.75, 3.05) is 11.5 Å². The first-order chi connectivity index (χ1) is 16.4. The molecule has 9 nitrogen and oxygen atoms in total. The van der Waals surface area contributed by atoms with E-state index in [4.69, 9.17) is 15.9 Å². The minimum Gasteiger partial charge on any atom is -0.421 e. The highest BCUT2D eigenvalue weighted by molar-refractivity contribution is 5.85. The van der Waals surface area contributed by atoms with Crippen LogP contribution in [0.5, 0.6) is 0 Å². The van der Waals surface area contributed by atoms with Crippen molar-refractivity contribution in [2.24, 2.45) is 0 Å². The van der Waals surface area contributed by atoms with Gasteiger partial charge in [0.05, 0.1) is 5.39 Å². The number of nitrogens with two attached hydrogens (primary N) is 2. The van der Waals surface area contributed by atoms with Gasteiger partial charge in [-0.3, -0.25) is 9.36 Å². The van der Waals surface area contributed by atoms with Crippen molar-refractivity contribution in [3.63, 3.8) is 0 Å². The molecule has 3 aromatic heterocycles. The molecule has 0 aliphatic heterocycles. The summed E-state index contributed by atoms with van der Waals surface area (Å²) in [6, 6.07) is 18.0. The zero-order chi connectivity index (χ0) is 24.2. The third-order valence-corrected chi connectivity index (χ3v) is 5.35. The van der Waals surface area contributed by atoms with Crippen LogP contribution in [0.25, 0.3) is 27.9 Å². The number of hydrogen-bond donors (Lipinski definition) is 2. The quantitative estimate of drug-likeness (QED) is 0.418. The third-order valence-electron chi connectivity index (χ3n) is 5.35. The Kier molecular flexibility index (Phi) is 6.35. The normalized spacial score (nSPS) is 10.7. The van der Waals surface area contributed by atoms with Gasteiger partial charge in [-0.15, -0.1) is 10.2 Å². The highest BCUT2D eigenvalue weighted by Crippen LogP contribution is 2.26. The average Bonchev–Trinajstić information content (AvgIpc) is 3.25. The molecular weight excluding hydrogens is 430 g/mol. The molecule has 0 amide bonds. The lowest BCUT2D eigenvalue weighted by atomic mass is 10.1. The van der Waals surface area contributed by atoms with E-state index in [0.29, 0.717) is 11.5 Å². The van der Waals surface area contributed by atoms with Gasteiger partial charge in [0.15, 0.2) is 0 Å². The number of aryl methyl sites for hydroxylation is 3. The summed E-state index contributed by atoms with van der Waals surface area (Å²) in [7, 11) is 0. The highest BCUT2D eigenvalue weighted by atomic mass is 16.4. The monoisotopic (exact) mass is 455 g/mol. The molecule has 34 heavy (non-hydrogen) atoms. The lowest BCUT2D eigenvalue weighted by Crippen LogP contribution is -2.22. The van der Waals surface area contributed by atoms with Crippen LogP contribution in [-0.4, -0.2) is 24.7 Å². The highest BCUT2D eigenvalue weighted by Gasteiger charge is 2.15. The molecule has 9 heteroatoms. The summed E-state index contributed by atoms with van der Waals surface area (Å²) in [5.41, 5.74) is 14.7. The van der Waals surface area contributed by atoms with E-state index in [2.05, 4.69) is 33.2 Å². The number of anilines is 2. The van der Waals surface area contributed by atoms with Crippen LogP contribution in [0.4, 0.5) is 11.6 Å².